The van der Waals surface area contributed by atoms with Gasteiger partial charge in [-0.15, -0.1) is 0 Å². The van der Waals surface area contributed by atoms with Gasteiger partial charge in [0.1, 0.15) is 11.6 Å². The molecular weight excluding hydrogens is 287 g/mol. The Balaban J connectivity index is 2.88. The van der Waals surface area contributed by atoms with Gasteiger partial charge in [0.2, 0.25) is 0 Å². The van der Waals surface area contributed by atoms with Gasteiger partial charge in [0.05, 0.1) is 0 Å². The summed E-state index contributed by atoms with van der Waals surface area (Å²) in [5.74, 6) is -0.989. The van der Waals surface area contributed by atoms with E-state index in [-0.39, 0.29) is 0 Å². The van der Waals surface area contributed by atoms with E-state index in [4.69, 9.17) is 0 Å². The maximum Gasteiger partial charge on any atom is 0.139 e. The topological polar surface area (TPSA) is 12.0 Å². The van der Waals surface area contributed by atoms with Crippen molar-refractivity contribution in [2.24, 2.45) is 0 Å². The molecule has 0 aliphatic carbocycles. The van der Waals surface area contributed by atoms with Crippen molar-refractivity contribution >= 4 is 22.6 Å². The lowest BCUT2D eigenvalue weighted by molar-refractivity contribution is 0.559. The number of hydrogen-bond donors (Lipinski definition) is 1. The number of benzene rings is 1. The largest absolute Gasteiger partial charge is 0.313 e. The van der Waals surface area contributed by atoms with E-state index in [9.17, 15) is 8.78 Å². The zero-order chi connectivity index (χ0) is 9.84. The molecule has 0 unspecified atom stereocenters. The van der Waals surface area contributed by atoms with E-state index >= 15 is 0 Å². The van der Waals surface area contributed by atoms with E-state index in [0.717, 1.165) is 12.6 Å². The van der Waals surface area contributed by atoms with E-state index in [1.165, 1.54) is 6.07 Å². The van der Waals surface area contributed by atoms with Crippen LogP contribution in [-0.4, -0.2) is 6.54 Å². The van der Waals surface area contributed by atoms with Crippen LogP contribution in [0.2, 0.25) is 0 Å². The van der Waals surface area contributed by atoms with Crippen molar-refractivity contribution in [2.75, 3.05) is 6.54 Å². The van der Waals surface area contributed by atoms with Gasteiger partial charge < -0.3 is 5.32 Å². The Labute approximate surface area is 89.7 Å². The molecule has 1 N–H and O–H groups in total. The van der Waals surface area contributed by atoms with Gasteiger partial charge in [-0.05, 0) is 35.2 Å². The summed E-state index contributed by atoms with van der Waals surface area (Å²) in [6.07, 6.45) is 0. The molecule has 0 saturated carbocycles. The molecule has 0 atom stereocenters. The summed E-state index contributed by atoms with van der Waals surface area (Å²) in [4.78, 5) is 0. The third-order valence-electron chi connectivity index (χ3n) is 1.65. The smallest absolute Gasteiger partial charge is 0.139 e. The van der Waals surface area contributed by atoms with Gasteiger partial charge in [-0.2, -0.15) is 0 Å². The molecule has 1 rings (SSSR count). The summed E-state index contributed by atoms with van der Waals surface area (Å²) in [6, 6.07) is 2.45. The summed E-state index contributed by atoms with van der Waals surface area (Å²) < 4.78 is 26.3. The Morgan fingerprint density at radius 3 is 2.62 bits per heavy atom. The standard InChI is InChI=1S/C9H10F2IN/c1-2-13-5-6-3-9(12)8(11)4-7(6)10/h3-4,13H,2,5H2,1H3. The fourth-order valence-corrected chi connectivity index (χ4v) is 1.49. The summed E-state index contributed by atoms with van der Waals surface area (Å²) in [5, 5.41) is 2.99. The zero-order valence-corrected chi connectivity index (χ0v) is 9.36. The third kappa shape index (κ3) is 2.87. The minimum Gasteiger partial charge on any atom is -0.313 e. The highest BCUT2D eigenvalue weighted by atomic mass is 127. The van der Waals surface area contributed by atoms with Crippen LogP contribution in [0.4, 0.5) is 8.78 Å². The predicted octanol–water partition coefficient (Wildman–Crippen LogP) is 2.68. The Morgan fingerprint density at radius 2 is 2.00 bits per heavy atom. The van der Waals surface area contributed by atoms with E-state index in [1.54, 1.807) is 0 Å². The van der Waals surface area contributed by atoms with Crippen LogP contribution in [0, 0.1) is 15.2 Å². The number of nitrogens with one attached hydrogen (secondary N) is 1. The molecule has 0 aromatic heterocycles. The first-order valence-electron chi connectivity index (χ1n) is 3.99. The average molecular weight is 297 g/mol. The van der Waals surface area contributed by atoms with Gasteiger partial charge in [-0.25, -0.2) is 8.78 Å². The zero-order valence-electron chi connectivity index (χ0n) is 7.20. The van der Waals surface area contributed by atoms with E-state index in [0.29, 0.717) is 15.7 Å². The van der Waals surface area contributed by atoms with Crippen LogP contribution in [0.25, 0.3) is 0 Å². The van der Waals surface area contributed by atoms with Crippen molar-refractivity contribution in [1.82, 2.24) is 5.32 Å². The molecule has 0 saturated heterocycles. The van der Waals surface area contributed by atoms with Crippen molar-refractivity contribution in [1.29, 1.82) is 0 Å². The molecule has 0 fully saturated rings. The van der Waals surface area contributed by atoms with Crippen LogP contribution in [0.5, 0.6) is 0 Å². The molecule has 0 aliphatic rings. The fraction of sp³-hybridized carbons (Fsp3) is 0.333. The fourth-order valence-electron chi connectivity index (χ4n) is 0.959. The molecule has 0 bridgehead atoms. The first kappa shape index (κ1) is 10.8. The van der Waals surface area contributed by atoms with Gasteiger partial charge in [-0.1, -0.05) is 6.92 Å². The van der Waals surface area contributed by atoms with Crippen LogP contribution in [-0.2, 0) is 6.54 Å². The maximum atomic E-state index is 13.1. The minimum atomic E-state index is -0.502. The Hall–Kier alpha value is -0.230. The van der Waals surface area contributed by atoms with Crippen molar-refractivity contribution in [3.8, 4) is 0 Å². The van der Waals surface area contributed by atoms with E-state index < -0.39 is 11.6 Å². The molecule has 13 heavy (non-hydrogen) atoms. The highest BCUT2D eigenvalue weighted by Gasteiger charge is 2.06. The second kappa shape index (κ2) is 4.85. The lowest BCUT2D eigenvalue weighted by atomic mass is 10.2. The molecular formula is C9H10F2IN. The summed E-state index contributed by atoms with van der Waals surface area (Å²) in [7, 11) is 0. The van der Waals surface area contributed by atoms with Gasteiger partial charge in [0.25, 0.3) is 0 Å². The second-order valence-corrected chi connectivity index (χ2v) is 3.80. The van der Waals surface area contributed by atoms with Crippen molar-refractivity contribution < 1.29 is 8.78 Å². The Bertz CT molecular complexity index is 302. The number of hydrogen-bond acceptors (Lipinski definition) is 1. The lowest BCUT2D eigenvalue weighted by Crippen LogP contribution is -2.13. The monoisotopic (exact) mass is 297 g/mol. The molecule has 72 valence electrons. The minimum absolute atomic E-state index is 0.443. The maximum absolute atomic E-state index is 13.1. The molecule has 0 amide bonds. The molecule has 0 spiro atoms. The third-order valence-corrected chi connectivity index (χ3v) is 2.48. The van der Waals surface area contributed by atoms with Gasteiger partial charge in [0.15, 0.2) is 0 Å². The quantitative estimate of drug-likeness (QED) is 0.668. The molecule has 1 nitrogen and oxygen atoms in total. The van der Waals surface area contributed by atoms with Gasteiger partial charge >= 0.3 is 0 Å². The van der Waals surface area contributed by atoms with E-state index in [2.05, 4.69) is 5.32 Å². The van der Waals surface area contributed by atoms with Crippen LogP contribution in [0.15, 0.2) is 12.1 Å². The average Bonchev–Trinajstić information content (AvgIpc) is 2.09. The first-order chi connectivity index (χ1) is 6.15. The van der Waals surface area contributed by atoms with Crippen LogP contribution >= 0.6 is 22.6 Å². The normalized spacial score (nSPS) is 10.5. The summed E-state index contributed by atoms with van der Waals surface area (Å²) >= 11 is 1.85. The first-order valence-corrected chi connectivity index (χ1v) is 5.07. The SMILES string of the molecule is CCNCc1cc(I)c(F)cc1F. The van der Waals surface area contributed by atoms with Gasteiger partial charge in [0, 0.05) is 21.7 Å². The van der Waals surface area contributed by atoms with E-state index in [1.807, 2.05) is 29.5 Å². The van der Waals surface area contributed by atoms with Crippen LogP contribution < -0.4 is 5.32 Å². The number of rotatable bonds is 3. The molecule has 4 heteroatoms. The summed E-state index contributed by atoms with van der Waals surface area (Å²) in [6.45, 7) is 3.15. The predicted molar refractivity (Wildman–Crippen MR) is 56.5 cm³/mol. The van der Waals surface area contributed by atoms with Crippen molar-refractivity contribution in [3.63, 3.8) is 0 Å². The second-order valence-electron chi connectivity index (χ2n) is 2.64. The highest BCUT2D eigenvalue weighted by Crippen LogP contribution is 2.16. The van der Waals surface area contributed by atoms with Crippen LogP contribution in [0.3, 0.4) is 0 Å². The Morgan fingerprint density at radius 1 is 1.31 bits per heavy atom. The molecule has 0 aliphatic heterocycles. The van der Waals surface area contributed by atoms with Crippen molar-refractivity contribution in [3.05, 3.63) is 32.9 Å². The lowest BCUT2D eigenvalue weighted by Gasteiger charge is -2.04. The molecule has 1 aromatic carbocycles. The highest BCUT2D eigenvalue weighted by molar-refractivity contribution is 14.1. The summed E-state index contributed by atoms with van der Waals surface area (Å²) in [5.41, 5.74) is 0.507. The Kier molecular flexibility index (Phi) is 4.05. The molecule has 1 aromatic rings. The van der Waals surface area contributed by atoms with Crippen molar-refractivity contribution in [2.45, 2.75) is 13.5 Å². The van der Waals surface area contributed by atoms with Gasteiger partial charge in [-0.3, -0.25) is 0 Å². The number of halogens is 3. The molecule has 0 radical (unpaired) electrons. The molecule has 0 heterocycles. The van der Waals surface area contributed by atoms with Crippen LogP contribution in [0.1, 0.15) is 12.5 Å².